The zero-order valence-corrected chi connectivity index (χ0v) is 16.3. The van der Waals surface area contributed by atoms with E-state index in [-0.39, 0.29) is 47.5 Å². The van der Waals surface area contributed by atoms with Crippen molar-refractivity contribution in [3.8, 4) is 11.5 Å². The fourth-order valence-corrected chi connectivity index (χ4v) is 3.90. The molecule has 1 aliphatic heterocycles. The number of carbonyl (C=O) groups is 2. The number of amides is 2. The highest BCUT2D eigenvalue weighted by atomic mass is 32.2. The molecule has 28 heavy (non-hydrogen) atoms. The molecule has 1 heterocycles. The monoisotopic (exact) mass is 404 g/mol. The maximum Gasteiger partial charge on any atom is 0.240 e. The summed E-state index contributed by atoms with van der Waals surface area (Å²) in [6.07, 6.45) is 0.184. The molecule has 2 amide bonds. The molecule has 3 rings (SSSR count). The predicted molar refractivity (Wildman–Crippen MR) is 102 cm³/mol. The number of benzene rings is 2. The number of anilines is 1. The molecule has 1 N–H and O–H groups in total. The van der Waals surface area contributed by atoms with Crippen molar-refractivity contribution in [2.75, 3.05) is 19.1 Å². The van der Waals surface area contributed by atoms with Gasteiger partial charge in [-0.15, -0.1) is 0 Å². The van der Waals surface area contributed by atoms with Crippen LogP contribution in [0.3, 0.4) is 0 Å². The van der Waals surface area contributed by atoms with E-state index in [0.717, 1.165) is 10.5 Å². The van der Waals surface area contributed by atoms with Crippen LogP contribution in [0.25, 0.3) is 0 Å². The SMILES string of the molecule is COc1ccc(CNS(=O)(=O)c2ccc(OC)c(N3C(=O)CCC3=O)c2)cc1. The topological polar surface area (TPSA) is 102 Å². The lowest BCUT2D eigenvalue weighted by molar-refractivity contribution is -0.121. The van der Waals surface area contributed by atoms with Crippen molar-refractivity contribution >= 4 is 27.5 Å². The van der Waals surface area contributed by atoms with Crippen molar-refractivity contribution < 1.29 is 27.5 Å². The predicted octanol–water partition coefficient (Wildman–Crippen LogP) is 1.84. The van der Waals surface area contributed by atoms with Crippen LogP contribution in [0, 0.1) is 0 Å². The molecule has 0 atom stereocenters. The molecule has 1 fully saturated rings. The third-order valence-electron chi connectivity index (χ3n) is 4.38. The summed E-state index contributed by atoms with van der Waals surface area (Å²) in [6, 6.07) is 11.0. The molecular formula is C19H20N2O6S. The van der Waals surface area contributed by atoms with Crippen LogP contribution in [-0.2, 0) is 26.2 Å². The van der Waals surface area contributed by atoms with Crippen molar-refractivity contribution in [1.29, 1.82) is 0 Å². The molecule has 2 aromatic carbocycles. The highest BCUT2D eigenvalue weighted by Gasteiger charge is 2.33. The molecule has 9 heteroatoms. The summed E-state index contributed by atoms with van der Waals surface area (Å²) < 4.78 is 38.2. The molecule has 0 bridgehead atoms. The Morgan fingerprint density at radius 2 is 1.61 bits per heavy atom. The average molecular weight is 404 g/mol. The highest BCUT2D eigenvalue weighted by molar-refractivity contribution is 7.89. The van der Waals surface area contributed by atoms with Crippen LogP contribution in [0.2, 0.25) is 0 Å². The molecule has 0 aromatic heterocycles. The van der Waals surface area contributed by atoms with Gasteiger partial charge in [0.25, 0.3) is 0 Å². The number of ether oxygens (including phenoxy) is 2. The smallest absolute Gasteiger partial charge is 0.240 e. The summed E-state index contributed by atoms with van der Waals surface area (Å²) in [7, 11) is -0.933. The molecule has 0 spiro atoms. The van der Waals surface area contributed by atoms with E-state index in [1.807, 2.05) is 0 Å². The summed E-state index contributed by atoms with van der Waals surface area (Å²) in [5, 5.41) is 0. The van der Waals surface area contributed by atoms with Gasteiger partial charge in [0, 0.05) is 19.4 Å². The Bertz CT molecular complexity index is 986. The van der Waals surface area contributed by atoms with E-state index in [2.05, 4.69) is 4.72 Å². The lowest BCUT2D eigenvalue weighted by Crippen LogP contribution is -2.29. The molecular weight excluding hydrogens is 384 g/mol. The molecule has 0 unspecified atom stereocenters. The van der Waals surface area contributed by atoms with E-state index in [1.165, 1.54) is 25.3 Å². The molecule has 0 aliphatic carbocycles. The third-order valence-corrected chi connectivity index (χ3v) is 5.78. The van der Waals surface area contributed by atoms with Gasteiger partial charge in [0.1, 0.15) is 11.5 Å². The first-order valence-electron chi connectivity index (χ1n) is 8.52. The number of carbonyl (C=O) groups excluding carboxylic acids is 2. The zero-order chi connectivity index (χ0) is 20.3. The fraction of sp³-hybridized carbons (Fsp3) is 0.263. The standard InChI is InChI=1S/C19H20N2O6S/c1-26-14-5-3-13(4-6-14)12-20-28(24,25)15-7-8-17(27-2)16(11-15)21-18(22)9-10-19(21)23/h3-8,11,20H,9-10,12H2,1-2H3. The minimum atomic E-state index is -3.87. The quantitative estimate of drug-likeness (QED) is 0.707. The number of nitrogens with one attached hydrogen (secondary N) is 1. The van der Waals surface area contributed by atoms with E-state index in [1.54, 1.807) is 31.4 Å². The van der Waals surface area contributed by atoms with Crippen LogP contribution in [0.5, 0.6) is 11.5 Å². The largest absolute Gasteiger partial charge is 0.497 e. The Balaban J connectivity index is 1.86. The minimum Gasteiger partial charge on any atom is -0.497 e. The molecule has 0 radical (unpaired) electrons. The zero-order valence-electron chi connectivity index (χ0n) is 15.5. The van der Waals surface area contributed by atoms with Crippen LogP contribution >= 0.6 is 0 Å². The van der Waals surface area contributed by atoms with Crippen LogP contribution in [0.4, 0.5) is 5.69 Å². The molecule has 0 saturated carbocycles. The van der Waals surface area contributed by atoms with Crippen LogP contribution in [-0.4, -0.2) is 34.5 Å². The fourth-order valence-electron chi connectivity index (χ4n) is 2.86. The number of hydrogen-bond donors (Lipinski definition) is 1. The summed E-state index contributed by atoms with van der Waals surface area (Å²) in [5.41, 5.74) is 0.880. The lowest BCUT2D eigenvalue weighted by Gasteiger charge is -2.18. The Morgan fingerprint density at radius 3 is 2.18 bits per heavy atom. The second-order valence-corrected chi connectivity index (χ2v) is 7.90. The number of rotatable bonds is 7. The summed E-state index contributed by atoms with van der Waals surface area (Å²) in [4.78, 5) is 25.0. The van der Waals surface area contributed by atoms with Crippen molar-refractivity contribution in [3.63, 3.8) is 0 Å². The van der Waals surface area contributed by atoms with Gasteiger partial charge in [-0.05, 0) is 35.9 Å². The Hall–Kier alpha value is -2.91. The van der Waals surface area contributed by atoms with E-state index < -0.39 is 10.0 Å². The van der Waals surface area contributed by atoms with Crippen molar-refractivity contribution in [3.05, 3.63) is 48.0 Å². The van der Waals surface area contributed by atoms with Gasteiger partial charge in [-0.1, -0.05) is 12.1 Å². The maximum atomic E-state index is 12.7. The van der Waals surface area contributed by atoms with Crippen molar-refractivity contribution in [2.24, 2.45) is 0 Å². The van der Waals surface area contributed by atoms with E-state index in [0.29, 0.717) is 5.75 Å². The second-order valence-electron chi connectivity index (χ2n) is 6.13. The molecule has 8 nitrogen and oxygen atoms in total. The number of methoxy groups -OCH3 is 2. The van der Waals surface area contributed by atoms with Gasteiger partial charge >= 0.3 is 0 Å². The Morgan fingerprint density at radius 1 is 0.964 bits per heavy atom. The van der Waals surface area contributed by atoms with Gasteiger partial charge in [-0.25, -0.2) is 18.0 Å². The molecule has 148 valence electrons. The molecule has 2 aromatic rings. The normalized spacial score (nSPS) is 14.4. The number of hydrogen-bond acceptors (Lipinski definition) is 6. The first-order valence-corrected chi connectivity index (χ1v) is 10.0. The number of sulfonamides is 1. The van der Waals surface area contributed by atoms with Crippen LogP contribution < -0.4 is 19.1 Å². The highest BCUT2D eigenvalue weighted by Crippen LogP contribution is 2.34. The van der Waals surface area contributed by atoms with Gasteiger partial charge in [0.2, 0.25) is 21.8 Å². The first kappa shape index (κ1) is 19.8. The van der Waals surface area contributed by atoms with Gasteiger partial charge in [0.15, 0.2) is 0 Å². The van der Waals surface area contributed by atoms with E-state index in [4.69, 9.17) is 9.47 Å². The van der Waals surface area contributed by atoms with Crippen LogP contribution in [0.15, 0.2) is 47.4 Å². The Kier molecular flexibility index (Phi) is 5.66. The minimum absolute atomic E-state index is 0.0655. The van der Waals surface area contributed by atoms with Gasteiger partial charge in [-0.2, -0.15) is 0 Å². The van der Waals surface area contributed by atoms with E-state index >= 15 is 0 Å². The van der Waals surface area contributed by atoms with Gasteiger partial charge in [0.05, 0.1) is 24.8 Å². The average Bonchev–Trinajstić information content (AvgIpc) is 3.04. The summed E-state index contributed by atoms with van der Waals surface area (Å²) >= 11 is 0. The van der Waals surface area contributed by atoms with E-state index in [9.17, 15) is 18.0 Å². The lowest BCUT2D eigenvalue weighted by atomic mass is 10.2. The van der Waals surface area contributed by atoms with Gasteiger partial charge < -0.3 is 9.47 Å². The maximum absolute atomic E-state index is 12.7. The summed E-state index contributed by atoms with van der Waals surface area (Å²) in [6.45, 7) is 0.0786. The number of nitrogens with zero attached hydrogens (tertiary/aromatic N) is 1. The molecule has 1 aliphatic rings. The Labute approximate surface area is 163 Å². The third kappa shape index (κ3) is 4.00. The van der Waals surface area contributed by atoms with Crippen molar-refractivity contribution in [2.45, 2.75) is 24.3 Å². The molecule has 1 saturated heterocycles. The number of imide groups is 1. The van der Waals surface area contributed by atoms with Gasteiger partial charge in [-0.3, -0.25) is 9.59 Å². The second kappa shape index (κ2) is 7.99. The van der Waals surface area contributed by atoms with Crippen molar-refractivity contribution in [1.82, 2.24) is 4.72 Å². The van der Waals surface area contributed by atoms with Crippen LogP contribution in [0.1, 0.15) is 18.4 Å². The first-order chi connectivity index (χ1) is 13.4. The summed E-state index contributed by atoms with van der Waals surface area (Å²) in [5.74, 6) is 0.150.